The van der Waals surface area contributed by atoms with Gasteiger partial charge in [0.2, 0.25) is 0 Å². The van der Waals surface area contributed by atoms with Crippen LogP contribution in [-0.2, 0) is 13.0 Å². The first-order valence-electron chi connectivity index (χ1n) is 4.18. The Bertz CT molecular complexity index is 272. The van der Waals surface area contributed by atoms with E-state index in [2.05, 4.69) is 29.8 Å². The van der Waals surface area contributed by atoms with Crippen LogP contribution >= 0.6 is 0 Å². The summed E-state index contributed by atoms with van der Waals surface area (Å²) in [5.74, 6) is 5.34. The Labute approximate surface area is 72.1 Å². The Balaban J connectivity index is 2.23. The fraction of sp³-hybridized carbons (Fsp3) is 0.333. The maximum atomic E-state index is 5.34. The quantitative estimate of drug-likeness (QED) is 0.466. The lowest BCUT2D eigenvalue weighted by atomic mass is 10.0. The summed E-state index contributed by atoms with van der Waals surface area (Å²) in [6.45, 7) is 1.90. The highest BCUT2D eigenvalue weighted by molar-refractivity contribution is 5.28. The average molecular weight is 163 g/mol. The number of hydrogen-bond donors (Lipinski definition) is 2. The minimum absolute atomic E-state index is 0.909. The van der Waals surface area contributed by atoms with E-state index in [0.29, 0.717) is 0 Å². The normalized spacial score (nSPS) is 17.4. The van der Waals surface area contributed by atoms with Crippen molar-refractivity contribution >= 4 is 0 Å². The van der Waals surface area contributed by atoms with E-state index < -0.39 is 0 Å². The number of hydrazine groups is 2. The van der Waals surface area contributed by atoms with Gasteiger partial charge < -0.3 is 0 Å². The summed E-state index contributed by atoms with van der Waals surface area (Å²) in [6.07, 6.45) is 1.08. The first-order valence-corrected chi connectivity index (χ1v) is 4.18. The van der Waals surface area contributed by atoms with Gasteiger partial charge in [-0.2, -0.15) is 5.53 Å². The molecule has 2 rings (SSSR count). The molecule has 0 aliphatic carbocycles. The Morgan fingerprint density at radius 1 is 1.25 bits per heavy atom. The molecule has 0 bridgehead atoms. The highest BCUT2D eigenvalue weighted by atomic mass is 15.6. The predicted octanol–water partition coefficient (Wildman–Crippen LogP) is 0.423. The summed E-state index contributed by atoms with van der Waals surface area (Å²) in [7, 11) is 0. The van der Waals surface area contributed by atoms with Gasteiger partial charge in [0.25, 0.3) is 0 Å². The van der Waals surface area contributed by atoms with Crippen molar-refractivity contribution in [3.63, 3.8) is 0 Å². The Kier molecular flexibility index (Phi) is 2.08. The van der Waals surface area contributed by atoms with Gasteiger partial charge in [-0.05, 0) is 17.5 Å². The third-order valence-electron chi connectivity index (χ3n) is 2.31. The first kappa shape index (κ1) is 7.73. The van der Waals surface area contributed by atoms with Crippen LogP contribution in [0.1, 0.15) is 11.1 Å². The zero-order chi connectivity index (χ0) is 8.39. The van der Waals surface area contributed by atoms with E-state index in [1.807, 2.05) is 5.01 Å². The molecule has 1 aliphatic heterocycles. The molecule has 0 radical (unpaired) electrons. The van der Waals surface area contributed by atoms with Crippen LogP contribution in [-0.4, -0.2) is 11.6 Å². The predicted molar refractivity (Wildman–Crippen MR) is 47.9 cm³/mol. The van der Waals surface area contributed by atoms with Gasteiger partial charge in [-0.15, -0.1) is 0 Å². The monoisotopic (exact) mass is 163 g/mol. The molecule has 64 valence electrons. The molecule has 0 amide bonds. The largest absolute Gasteiger partial charge is 0.258 e. The van der Waals surface area contributed by atoms with Crippen molar-refractivity contribution in [2.45, 2.75) is 13.0 Å². The molecule has 0 unspecified atom stereocenters. The second kappa shape index (κ2) is 3.23. The van der Waals surface area contributed by atoms with Gasteiger partial charge in [0, 0.05) is 13.1 Å². The van der Waals surface area contributed by atoms with E-state index in [-0.39, 0.29) is 0 Å². The van der Waals surface area contributed by atoms with E-state index >= 15 is 0 Å². The Morgan fingerprint density at radius 2 is 2.00 bits per heavy atom. The van der Waals surface area contributed by atoms with E-state index in [1.54, 1.807) is 0 Å². The first-order chi connectivity index (χ1) is 5.90. The number of nitrogens with one attached hydrogen (secondary N) is 1. The van der Waals surface area contributed by atoms with Crippen molar-refractivity contribution in [3.05, 3.63) is 35.4 Å². The second-order valence-electron chi connectivity index (χ2n) is 3.07. The smallest absolute Gasteiger partial charge is 0.0397 e. The third-order valence-corrected chi connectivity index (χ3v) is 2.31. The molecule has 0 saturated carbocycles. The number of nitrogens with two attached hydrogens (primary N) is 1. The maximum Gasteiger partial charge on any atom is 0.0397 e. The summed E-state index contributed by atoms with van der Waals surface area (Å²) < 4.78 is 0. The third kappa shape index (κ3) is 1.34. The lowest BCUT2D eigenvalue weighted by Crippen LogP contribution is -2.45. The standard InChI is InChI=1S/C9H13N3/c10-11-12-6-5-8-3-1-2-4-9(8)7-12/h1-4,11H,5-7,10H2. The summed E-state index contributed by atoms with van der Waals surface area (Å²) in [5, 5.41) is 2.02. The van der Waals surface area contributed by atoms with Gasteiger partial charge in [0.15, 0.2) is 0 Å². The zero-order valence-electron chi connectivity index (χ0n) is 6.96. The number of benzene rings is 1. The Hall–Kier alpha value is -0.900. The molecule has 0 spiro atoms. The van der Waals surface area contributed by atoms with Crippen LogP contribution in [0.4, 0.5) is 0 Å². The molecule has 3 N–H and O–H groups in total. The number of fused-ring (bicyclic) bond motifs is 1. The molecular weight excluding hydrogens is 150 g/mol. The minimum atomic E-state index is 0.909. The molecule has 0 fully saturated rings. The number of rotatable bonds is 1. The molecule has 0 atom stereocenters. The number of hydrogen-bond acceptors (Lipinski definition) is 3. The number of nitrogens with zero attached hydrogens (tertiary/aromatic N) is 1. The molecule has 1 heterocycles. The van der Waals surface area contributed by atoms with Crippen molar-refractivity contribution in [2.75, 3.05) is 6.54 Å². The summed E-state index contributed by atoms with van der Waals surface area (Å²) >= 11 is 0. The molecule has 0 aromatic heterocycles. The van der Waals surface area contributed by atoms with Crippen molar-refractivity contribution in [1.82, 2.24) is 10.5 Å². The van der Waals surface area contributed by atoms with Crippen LogP contribution < -0.4 is 11.4 Å². The Morgan fingerprint density at radius 3 is 2.75 bits per heavy atom. The molecule has 0 saturated heterocycles. The van der Waals surface area contributed by atoms with Crippen LogP contribution in [0, 0.1) is 0 Å². The summed E-state index contributed by atoms with van der Waals surface area (Å²) in [4.78, 5) is 0. The molecule has 1 aromatic rings. The van der Waals surface area contributed by atoms with Crippen LogP contribution in [0.3, 0.4) is 0 Å². The van der Waals surface area contributed by atoms with Crippen LogP contribution in [0.15, 0.2) is 24.3 Å². The van der Waals surface area contributed by atoms with Crippen molar-refractivity contribution < 1.29 is 0 Å². The maximum absolute atomic E-state index is 5.34. The fourth-order valence-corrected chi connectivity index (χ4v) is 1.61. The highest BCUT2D eigenvalue weighted by Crippen LogP contribution is 2.16. The molecule has 1 aromatic carbocycles. The van der Waals surface area contributed by atoms with E-state index in [0.717, 1.165) is 19.5 Å². The van der Waals surface area contributed by atoms with E-state index in [1.165, 1.54) is 11.1 Å². The van der Waals surface area contributed by atoms with Crippen molar-refractivity contribution in [1.29, 1.82) is 0 Å². The molecule has 1 aliphatic rings. The van der Waals surface area contributed by atoms with Crippen LogP contribution in [0.2, 0.25) is 0 Å². The molecule has 12 heavy (non-hydrogen) atoms. The average Bonchev–Trinajstić information content (AvgIpc) is 2.17. The van der Waals surface area contributed by atoms with Crippen LogP contribution in [0.5, 0.6) is 0 Å². The van der Waals surface area contributed by atoms with Gasteiger partial charge in [-0.1, -0.05) is 24.3 Å². The van der Waals surface area contributed by atoms with E-state index in [9.17, 15) is 0 Å². The molecule has 3 nitrogen and oxygen atoms in total. The van der Waals surface area contributed by atoms with Crippen LogP contribution in [0.25, 0.3) is 0 Å². The topological polar surface area (TPSA) is 41.3 Å². The molecule has 3 heteroatoms. The van der Waals surface area contributed by atoms with Gasteiger partial charge in [0.05, 0.1) is 0 Å². The minimum Gasteiger partial charge on any atom is -0.258 e. The van der Waals surface area contributed by atoms with Gasteiger partial charge in [-0.25, -0.2) is 5.01 Å². The zero-order valence-corrected chi connectivity index (χ0v) is 6.96. The van der Waals surface area contributed by atoms with Gasteiger partial charge >= 0.3 is 0 Å². The van der Waals surface area contributed by atoms with Crippen molar-refractivity contribution in [2.24, 2.45) is 5.84 Å². The fourth-order valence-electron chi connectivity index (χ4n) is 1.61. The molecular formula is C9H13N3. The van der Waals surface area contributed by atoms with Gasteiger partial charge in [-0.3, -0.25) is 5.84 Å². The summed E-state index contributed by atoms with van der Waals surface area (Å²) in [5.41, 5.74) is 5.50. The highest BCUT2D eigenvalue weighted by Gasteiger charge is 2.13. The van der Waals surface area contributed by atoms with E-state index in [4.69, 9.17) is 5.84 Å². The lowest BCUT2D eigenvalue weighted by Gasteiger charge is -2.26. The summed E-state index contributed by atoms with van der Waals surface area (Å²) in [6, 6.07) is 8.49. The SMILES string of the molecule is NNN1CCc2ccccc2C1. The second-order valence-corrected chi connectivity index (χ2v) is 3.07. The van der Waals surface area contributed by atoms with Crippen molar-refractivity contribution in [3.8, 4) is 0 Å². The lowest BCUT2D eigenvalue weighted by molar-refractivity contribution is 0.171. The van der Waals surface area contributed by atoms with Gasteiger partial charge in [0.1, 0.15) is 0 Å².